The number of thioether (sulfide) groups is 1. The molecule has 0 fully saturated rings. The zero-order valence-corrected chi connectivity index (χ0v) is 11.6. The van der Waals surface area contributed by atoms with E-state index in [-0.39, 0.29) is 0 Å². The van der Waals surface area contributed by atoms with Gasteiger partial charge in [-0.1, -0.05) is 60.7 Å². The van der Waals surface area contributed by atoms with Crippen LogP contribution in [0, 0.1) is 0 Å². The van der Waals surface area contributed by atoms with Crippen molar-refractivity contribution in [1.29, 1.82) is 0 Å². The van der Waals surface area contributed by atoms with E-state index in [0.29, 0.717) is 5.75 Å². The molecule has 19 heavy (non-hydrogen) atoms. The Bertz CT molecular complexity index is 539. The molecule has 0 spiro atoms. The summed E-state index contributed by atoms with van der Waals surface area (Å²) in [6.45, 7) is 1.76. The second-order valence-electron chi connectivity index (χ2n) is 4.48. The van der Waals surface area contributed by atoms with Gasteiger partial charge in [-0.3, -0.25) is 4.79 Å². The Morgan fingerprint density at radius 1 is 1.05 bits per heavy atom. The summed E-state index contributed by atoms with van der Waals surface area (Å²) >= 11 is 1.44. The largest absolute Gasteiger partial charge is 0.480 e. The number of hydrogen-bond donors (Lipinski definition) is 1. The fraction of sp³-hybridized carbons (Fsp3) is 0.188. The number of carboxylic acid groups (broad SMARTS) is 1. The molecule has 0 saturated carbocycles. The Morgan fingerprint density at radius 2 is 1.58 bits per heavy atom. The third kappa shape index (κ3) is 3.18. The minimum atomic E-state index is -0.920. The quantitative estimate of drug-likeness (QED) is 0.896. The summed E-state index contributed by atoms with van der Waals surface area (Å²) in [6.07, 6.45) is 0. The predicted octanol–water partition coefficient (Wildman–Crippen LogP) is 3.92. The summed E-state index contributed by atoms with van der Waals surface area (Å²) in [5.41, 5.74) is 1.96. The first-order valence-corrected chi connectivity index (χ1v) is 7.08. The summed E-state index contributed by atoms with van der Waals surface area (Å²) in [6, 6.07) is 19.3. The second-order valence-corrected chi connectivity index (χ2v) is 5.87. The van der Waals surface area contributed by atoms with Crippen LogP contribution in [0.3, 0.4) is 0 Å². The minimum absolute atomic E-state index is 0.679. The first-order valence-electron chi connectivity index (χ1n) is 6.10. The van der Waals surface area contributed by atoms with Gasteiger partial charge in [-0.15, -0.1) is 11.8 Å². The lowest BCUT2D eigenvalue weighted by Gasteiger charge is -2.24. The van der Waals surface area contributed by atoms with Crippen LogP contribution >= 0.6 is 11.8 Å². The maximum absolute atomic E-state index is 11.6. The Balaban J connectivity index is 2.19. The molecule has 2 aromatic carbocycles. The molecule has 2 aromatic rings. The highest BCUT2D eigenvalue weighted by Gasteiger charge is 2.35. The highest BCUT2D eigenvalue weighted by molar-refractivity contribution is 8.00. The van der Waals surface area contributed by atoms with Crippen LogP contribution in [-0.4, -0.2) is 11.1 Å². The van der Waals surface area contributed by atoms with E-state index in [1.807, 2.05) is 60.7 Å². The molecule has 0 aliphatic carbocycles. The summed E-state index contributed by atoms with van der Waals surface area (Å²) in [5, 5.41) is 9.54. The van der Waals surface area contributed by atoms with Crippen molar-refractivity contribution in [3.05, 3.63) is 71.8 Å². The summed E-state index contributed by atoms with van der Waals surface area (Å²) in [5.74, 6) is -0.127. The van der Waals surface area contributed by atoms with Crippen molar-refractivity contribution in [2.45, 2.75) is 17.4 Å². The highest BCUT2D eigenvalue weighted by atomic mass is 32.2. The Labute approximate surface area is 117 Å². The zero-order chi connectivity index (χ0) is 13.7. The SMILES string of the molecule is C[C@@](SCc1ccccc1)(C(=O)O)c1ccccc1. The molecule has 98 valence electrons. The lowest BCUT2D eigenvalue weighted by molar-refractivity contribution is -0.139. The highest BCUT2D eigenvalue weighted by Crippen LogP contribution is 2.38. The fourth-order valence-electron chi connectivity index (χ4n) is 1.83. The molecule has 0 saturated heterocycles. The van der Waals surface area contributed by atoms with Crippen LogP contribution in [0.5, 0.6) is 0 Å². The van der Waals surface area contributed by atoms with Crippen molar-refractivity contribution >= 4 is 17.7 Å². The summed E-state index contributed by atoms with van der Waals surface area (Å²) in [7, 11) is 0. The van der Waals surface area contributed by atoms with Crippen molar-refractivity contribution in [1.82, 2.24) is 0 Å². The first-order chi connectivity index (χ1) is 9.13. The molecule has 2 rings (SSSR count). The number of hydrogen-bond acceptors (Lipinski definition) is 2. The van der Waals surface area contributed by atoms with Gasteiger partial charge in [-0.2, -0.15) is 0 Å². The van der Waals surface area contributed by atoms with E-state index in [2.05, 4.69) is 0 Å². The number of carboxylic acids is 1. The number of benzene rings is 2. The van der Waals surface area contributed by atoms with E-state index >= 15 is 0 Å². The molecule has 2 nitrogen and oxygen atoms in total. The third-order valence-electron chi connectivity index (χ3n) is 3.10. The molecule has 0 aliphatic heterocycles. The maximum atomic E-state index is 11.6. The van der Waals surface area contributed by atoms with Crippen LogP contribution in [-0.2, 0) is 15.3 Å². The molecule has 0 bridgehead atoms. The van der Waals surface area contributed by atoms with Gasteiger partial charge in [0, 0.05) is 5.75 Å². The lowest BCUT2D eigenvalue weighted by Crippen LogP contribution is -2.28. The number of aliphatic carboxylic acids is 1. The number of carbonyl (C=O) groups is 1. The van der Waals surface area contributed by atoms with Gasteiger partial charge in [0.05, 0.1) is 0 Å². The maximum Gasteiger partial charge on any atom is 0.324 e. The molecular weight excluding hydrogens is 256 g/mol. The van der Waals surface area contributed by atoms with Crippen molar-refractivity contribution in [2.24, 2.45) is 0 Å². The second kappa shape index (κ2) is 5.93. The fourth-order valence-corrected chi connectivity index (χ4v) is 2.90. The van der Waals surface area contributed by atoms with Crippen molar-refractivity contribution < 1.29 is 9.90 Å². The topological polar surface area (TPSA) is 37.3 Å². The van der Waals surface area contributed by atoms with Crippen molar-refractivity contribution in [3.8, 4) is 0 Å². The normalized spacial score (nSPS) is 13.7. The van der Waals surface area contributed by atoms with E-state index in [4.69, 9.17) is 0 Å². The Morgan fingerprint density at radius 3 is 2.11 bits per heavy atom. The van der Waals surface area contributed by atoms with E-state index in [1.165, 1.54) is 11.8 Å². The third-order valence-corrected chi connectivity index (χ3v) is 4.57. The van der Waals surface area contributed by atoms with E-state index in [0.717, 1.165) is 11.1 Å². The average Bonchev–Trinajstić information content (AvgIpc) is 2.46. The molecular formula is C16H16O2S. The smallest absolute Gasteiger partial charge is 0.324 e. The van der Waals surface area contributed by atoms with Crippen molar-refractivity contribution in [2.75, 3.05) is 0 Å². The van der Waals surface area contributed by atoms with Crippen LogP contribution < -0.4 is 0 Å². The summed E-state index contributed by atoms with van der Waals surface area (Å²) in [4.78, 5) is 11.6. The van der Waals surface area contributed by atoms with Crippen LogP contribution in [0.25, 0.3) is 0 Å². The molecule has 0 unspecified atom stereocenters. The molecule has 3 heteroatoms. The molecule has 0 aromatic heterocycles. The van der Waals surface area contributed by atoms with Crippen LogP contribution in [0.1, 0.15) is 18.1 Å². The first kappa shape index (κ1) is 13.7. The number of rotatable bonds is 5. The molecule has 1 atom stereocenters. The van der Waals surface area contributed by atoms with Gasteiger partial charge in [0.15, 0.2) is 0 Å². The van der Waals surface area contributed by atoms with E-state index < -0.39 is 10.7 Å². The van der Waals surface area contributed by atoms with Crippen molar-refractivity contribution in [3.63, 3.8) is 0 Å². The van der Waals surface area contributed by atoms with Gasteiger partial charge in [0.25, 0.3) is 0 Å². The van der Waals surface area contributed by atoms with Gasteiger partial charge in [0.2, 0.25) is 0 Å². The molecule has 0 amide bonds. The predicted molar refractivity (Wildman–Crippen MR) is 79.2 cm³/mol. The Kier molecular flexibility index (Phi) is 4.27. The van der Waals surface area contributed by atoms with Gasteiger partial charge >= 0.3 is 5.97 Å². The molecule has 0 radical (unpaired) electrons. The van der Waals surface area contributed by atoms with Gasteiger partial charge in [0.1, 0.15) is 4.75 Å². The zero-order valence-electron chi connectivity index (χ0n) is 10.7. The monoisotopic (exact) mass is 272 g/mol. The van der Waals surface area contributed by atoms with E-state index in [1.54, 1.807) is 6.92 Å². The molecule has 0 heterocycles. The standard InChI is InChI=1S/C16H16O2S/c1-16(15(17)18,14-10-6-3-7-11-14)19-12-13-8-4-2-5-9-13/h2-11H,12H2,1H3,(H,17,18)/t16-/m0/s1. The van der Waals surface area contributed by atoms with Crippen LogP contribution in [0.2, 0.25) is 0 Å². The average molecular weight is 272 g/mol. The van der Waals surface area contributed by atoms with Crippen LogP contribution in [0.4, 0.5) is 0 Å². The lowest BCUT2D eigenvalue weighted by atomic mass is 10.0. The minimum Gasteiger partial charge on any atom is -0.480 e. The molecule has 0 aliphatic rings. The van der Waals surface area contributed by atoms with Gasteiger partial charge in [-0.25, -0.2) is 0 Å². The van der Waals surface area contributed by atoms with Crippen LogP contribution in [0.15, 0.2) is 60.7 Å². The Hall–Kier alpha value is -1.74. The summed E-state index contributed by atoms with van der Waals surface area (Å²) < 4.78 is -0.920. The van der Waals surface area contributed by atoms with Gasteiger partial charge in [-0.05, 0) is 18.1 Å². The molecule has 1 N–H and O–H groups in total. The van der Waals surface area contributed by atoms with Gasteiger partial charge < -0.3 is 5.11 Å². The van der Waals surface area contributed by atoms with E-state index in [9.17, 15) is 9.90 Å².